The number of fused-ring (bicyclic) bond motifs is 1. The maximum Gasteiger partial charge on any atom is 0.328 e. The highest BCUT2D eigenvalue weighted by atomic mass is 16.5. The molecular formula is C13H14O3. The van der Waals surface area contributed by atoms with Gasteiger partial charge in [0.25, 0.3) is 0 Å². The van der Waals surface area contributed by atoms with Crippen LogP contribution in [0.2, 0.25) is 0 Å². The maximum absolute atomic E-state index is 10.7. The van der Waals surface area contributed by atoms with Crippen molar-refractivity contribution >= 4 is 11.5 Å². The molecule has 0 radical (unpaired) electrons. The highest BCUT2D eigenvalue weighted by Gasteiger charge is 2.17. The first-order valence-electron chi connectivity index (χ1n) is 5.32. The molecule has 0 amide bonds. The minimum absolute atomic E-state index is 0.826. The SMILES string of the molecule is COc1cccc2c1CCC/C2=C\C(=O)O. The zero-order valence-corrected chi connectivity index (χ0v) is 9.19. The van der Waals surface area contributed by atoms with Gasteiger partial charge in [-0.05, 0) is 36.5 Å². The molecule has 1 aliphatic carbocycles. The number of carbonyl (C=O) groups is 1. The van der Waals surface area contributed by atoms with Crippen molar-refractivity contribution in [3.63, 3.8) is 0 Å². The van der Waals surface area contributed by atoms with E-state index in [2.05, 4.69) is 0 Å². The predicted octanol–water partition coefficient (Wildman–Crippen LogP) is 2.50. The van der Waals surface area contributed by atoms with E-state index < -0.39 is 5.97 Å². The summed E-state index contributed by atoms with van der Waals surface area (Å²) >= 11 is 0. The fourth-order valence-electron chi connectivity index (χ4n) is 2.20. The topological polar surface area (TPSA) is 46.5 Å². The van der Waals surface area contributed by atoms with Crippen molar-refractivity contribution in [3.05, 3.63) is 35.4 Å². The Balaban J connectivity index is 2.51. The van der Waals surface area contributed by atoms with Crippen molar-refractivity contribution in [1.82, 2.24) is 0 Å². The van der Waals surface area contributed by atoms with Crippen molar-refractivity contribution in [3.8, 4) is 5.75 Å². The Bertz CT molecular complexity index is 446. The van der Waals surface area contributed by atoms with Gasteiger partial charge in [-0.3, -0.25) is 0 Å². The lowest BCUT2D eigenvalue weighted by Crippen LogP contribution is -2.05. The average Bonchev–Trinajstić information content (AvgIpc) is 2.28. The number of carboxylic acid groups (broad SMARTS) is 1. The van der Waals surface area contributed by atoms with E-state index in [0.29, 0.717) is 0 Å². The molecular weight excluding hydrogens is 204 g/mol. The average molecular weight is 218 g/mol. The second-order valence-electron chi connectivity index (χ2n) is 3.85. The summed E-state index contributed by atoms with van der Waals surface area (Å²) in [5.41, 5.74) is 3.05. The number of aliphatic carboxylic acids is 1. The molecule has 1 aromatic carbocycles. The highest BCUT2D eigenvalue weighted by Crippen LogP contribution is 2.35. The Morgan fingerprint density at radius 2 is 2.25 bits per heavy atom. The van der Waals surface area contributed by atoms with E-state index in [-0.39, 0.29) is 0 Å². The van der Waals surface area contributed by atoms with Crippen LogP contribution in [0.25, 0.3) is 5.57 Å². The second-order valence-corrected chi connectivity index (χ2v) is 3.85. The van der Waals surface area contributed by atoms with E-state index in [1.54, 1.807) is 7.11 Å². The van der Waals surface area contributed by atoms with E-state index in [0.717, 1.165) is 41.7 Å². The second kappa shape index (κ2) is 4.39. The Hall–Kier alpha value is -1.77. The number of hydrogen-bond acceptors (Lipinski definition) is 2. The van der Waals surface area contributed by atoms with Gasteiger partial charge in [-0.15, -0.1) is 0 Å². The van der Waals surface area contributed by atoms with Gasteiger partial charge in [-0.2, -0.15) is 0 Å². The van der Waals surface area contributed by atoms with E-state index in [9.17, 15) is 4.79 Å². The monoisotopic (exact) mass is 218 g/mol. The molecule has 1 N–H and O–H groups in total. The number of carboxylic acids is 1. The number of methoxy groups -OCH3 is 1. The van der Waals surface area contributed by atoms with E-state index >= 15 is 0 Å². The summed E-state index contributed by atoms with van der Waals surface area (Å²) in [4.78, 5) is 10.7. The van der Waals surface area contributed by atoms with Gasteiger partial charge in [0, 0.05) is 11.6 Å². The van der Waals surface area contributed by atoms with E-state index in [1.807, 2.05) is 18.2 Å². The number of ether oxygens (including phenoxy) is 1. The smallest absolute Gasteiger partial charge is 0.328 e. The van der Waals surface area contributed by atoms with Crippen LogP contribution in [0, 0.1) is 0 Å². The quantitative estimate of drug-likeness (QED) is 0.776. The van der Waals surface area contributed by atoms with Gasteiger partial charge < -0.3 is 9.84 Å². The van der Waals surface area contributed by atoms with Crippen molar-refractivity contribution in [2.45, 2.75) is 19.3 Å². The van der Waals surface area contributed by atoms with Crippen LogP contribution in [0.5, 0.6) is 5.75 Å². The first kappa shape index (κ1) is 10.7. The summed E-state index contributed by atoms with van der Waals surface area (Å²) in [6, 6.07) is 5.78. The van der Waals surface area contributed by atoms with Gasteiger partial charge in [-0.1, -0.05) is 12.1 Å². The zero-order chi connectivity index (χ0) is 11.5. The zero-order valence-electron chi connectivity index (χ0n) is 9.19. The Labute approximate surface area is 94.4 Å². The third-order valence-corrected chi connectivity index (χ3v) is 2.87. The first-order valence-corrected chi connectivity index (χ1v) is 5.32. The minimum Gasteiger partial charge on any atom is -0.496 e. The molecule has 0 atom stereocenters. The van der Waals surface area contributed by atoms with Gasteiger partial charge in [0.2, 0.25) is 0 Å². The molecule has 2 rings (SSSR count). The number of rotatable bonds is 2. The van der Waals surface area contributed by atoms with Crippen LogP contribution >= 0.6 is 0 Å². The highest BCUT2D eigenvalue weighted by molar-refractivity contribution is 5.91. The Kier molecular flexibility index (Phi) is 2.95. The molecule has 0 aliphatic heterocycles. The molecule has 0 saturated carbocycles. The molecule has 16 heavy (non-hydrogen) atoms. The first-order chi connectivity index (χ1) is 7.72. The minimum atomic E-state index is -0.884. The van der Waals surface area contributed by atoms with Gasteiger partial charge in [0.1, 0.15) is 5.75 Å². The van der Waals surface area contributed by atoms with E-state index in [1.165, 1.54) is 6.08 Å². The van der Waals surface area contributed by atoms with Crippen LogP contribution < -0.4 is 4.74 Å². The van der Waals surface area contributed by atoms with Gasteiger partial charge >= 0.3 is 5.97 Å². The number of allylic oxidation sites excluding steroid dienone is 1. The lowest BCUT2D eigenvalue weighted by atomic mass is 9.86. The fourth-order valence-corrected chi connectivity index (χ4v) is 2.20. The molecule has 84 valence electrons. The summed E-state index contributed by atoms with van der Waals surface area (Å²) < 4.78 is 5.29. The predicted molar refractivity (Wildman–Crippen MR) is 61.5 cm³/mol. The van der Waals surface area contributed by atoms with Crippen LogP contribution in [0.4, 0.5) is 0 Å². The standard InChI is InChI=1S/C13H14O3/c1-16-12-7-3-5-10-9(8-13(14)15)4-2-6-11(10)12/h3,5,7-8H,2,4,6H2,1H3,(H,14,15)/b9-8+. The molecule has 0 fully saturated rings. The molecule has 1 aromatic rings. The Morgan fingerprint density at radius 3 is 2.94 bits per heavy atom. The molecule has 0 aromatic heterocycles. The van der Waals surface area contributed by atoms with Crippen LogP contribution in [0.15, 0.2) is 24.3 Å². The summed E-state index contributed by atoms with van der Waals surface area (Å²) in [5, 5.41) is 8.81. The number of hydrogen-bond donors (Lipinski definition) is 1. The van der Waals surface area contributed by atoms with Crippen molar-refractivity contribution in [2.75, 3.05) is 7.11 Å². The van der Waals surface area contributed by atoms with Crippen LogP contribution in [0.3, 0.4) is 0 Å². The van der Waals surface area contributed by atoms with Crippen LogP contribution in [-0.2, 0) is 11.2 Å². The maximum atomic E-state index is 10.7. The molecule has 0 bridgehead atoms. The largest absolute Gasteiger partial charge is 0.496 e. The molecule has 3 nitrogen and oxygen atoms in total. The summed E-state index contributed by atoms with van der Waals surface area (Å²) in [6.07, 6.45) is 4.06. The summed E-state index contributed by atoms with van der Waals surface area (Å²) in [6.45, 7) is 0. The Morgan fingerprint density at radius 1 is 1.44 bits per heavy atom. The fraction of sp³-hybridized carbons (Fsp3) is 0.308. The lowest BCUT2D eigenvalue weighted by molar-refractivity contribution is -0.131. The molecule has 0 unspecified atom stereocenters. The summed E-state index contributed by atoms with van der Waals surface area (Å²) in [5.74, 6) is -0.0286. The lowest BCUT2D eigenvalue weighted by Gasteiger charge is -2.20. The van der Waals surface area contributed by atoms with Crippen molar-refractivity contribution < 1.29 is 14.6 Å². The van der Waals surface area contributed by atoms with Crippen molar-refractivity contribution in [1.29, 1.82) is 0 Å². The third kappa shape index (κ3) is 1.94. The number of benzene rings is 1. The molecule has 0 spiro atoms. The van der Waals surface area contributed by atoms with Crippen molar-refractivity contribution in [2.24, 2.45) is 0 Å². The van der Waals surface area contributed by atoms with Gasteiger partial charge in [0.05, 0.1) is 7.11 Å². The molecule has 0 saturated heterocycles. The van der Waals surface area contributed by atoms with Crippen LogP contribution in [0.1, 0.15) is 24.0 Å². The van der Waals surface area contributed by atoms with Gasteiger partial charge in [-0.25, -0.2) is 4.79 Å². The normalized spacial score (nSPS) is 16.9. The summed E-state index contributed by atoms with van der Waals surface area (Å²) in [7, 11) is 1.64. The molecule has 3 heteroatoms. The van der Waals surface area contributed by atoms with E-state index in [4.69, 9.17) is 9.84 Å². The van der Waals surface area contributed by atoms with Crippen LogP contribution in [-0.4, -0.2) is 18.2 Å². The molecule has 1 aliphatic rings. The third-order valence-electron chi connectivity index (χ3n) is 2.87. The van der Waals surface area contributed by atoms with Gasteiger partial charge in [0.15, 0.2) is 0 Å². The molecule has 0 heterocycles.